The molecule has 1 aliphatic rings. The predicted molar refractivity (Wildman–Crippen MR) is 90.4 cm³/mol. The average molecular weight is 325 g/mol. The van der Waals surface area contributed by atoms with Crippen molar-refractivity contribution < 1.29 is 9.53 Å². The van der Waals surface area contributed by atoms with E-state index in [0.29, 0.717) is 23.2 Å². The maximum atomic E-state index is 12.0. The van der Waals surface area contributed by atoms with Gasteiger partial charge in [-0.1, -0.05) is 30.7 Å². The van der Waals surface area contributed by atoms with E-state index in [4.69, 9.17) is 16.3 Å². The number of hydrogen-bond donors (Lipinski definition) is 1. The first kappa shape index (κ1) is 17.3. The number of likely N-dealkylation sites (tertiary alicyclic amines) is 1. The molecule has 0 spiro atoms. The quantitative estimate of drug-likeness (QED) is 0.833. The number of hydrogen-bond acceptors (Lipinski definition) is 3. The van der Waals surface area contributed by atoms with Crippen molar-refractivity contribution in [3.63, 3.8) is 0 Å². The Morgan fingerprint density at radius 2 is 2.27 bits per heavy atom. The van der Waals surface area contributed by atoms with Gasteiger partial charge in [0, 0.05) is 26.1 Å². The number of carbonyl (C=O) groups is 1. The zero-order chi connectivity index (χ0) is 15.8. The molecule has 0 radical (unpaired) electrons. The van der Waals surface area contributed by atoms with Crippen LogP contribution in [0.5, 0.6) is 0 Å². The second-order valence-electron chi connectivity index (χ2n) is 5.71. The molecule has 1 fully saturated rings. The van der Waals surface area contributed by atoms with Gasteiger partial charge in [-0.3, -0.25) is 4.79 Å². The van der Waals surface area contributed by atoms with E-state index in [2.05, 4.69) is 17.1 Å². The lowest BCUT2D eigenvalue weighted by atomic mass is 10.1. The molecule has 5 heteroatoms. The number of nitrogens with one attached hydrogen (secondary N) is 1. The van der Waals surface area contributed by atoms with Crippen molar-refractivity contribution in [2.75, 3.05) is 31.6 Å². The SMILES string of the molecule is CCCO[C@@H]1CCCN(CCC(=O)Nc2ccccc2Cl)C1. The molecule has 22 heavy (non-hydrogen) atoms. The summed E-state index contributed by atoms with van der Waals surface area (Å²) in [6, 6.07) is 7.30. The van der Waals surface area contributed by atoms with Crippen molar-refractivity contribution in [3.05, 3.63) is 29.3 Å². The minimum Gasteiger partial charge on any atom is -0.377 e. The Morgan fingerprint density at radius 3 is 3.05 bits per heavy atom. The van der Waals surface area contributed by atoms with Gasteiger partial charge in [0.15, 0.2) is 0 Å². The largest absolute Gasteiger partial charge is 0.377 e. The number of benzene rings is 1. The molecule has 122 valence electrons. The highest BCUT2D eigenvalue weighted by molar-refractivity contribution is 6.33. The van der Waals surface area contributed by atoms with Crippen LogP contribution in [0.2, 0.25) is 5.02 Å². The monoisotopic (exact) mass is 324 g/mol. The van der Waals surface area contributed by atoms with Gasteiger partial charge in [0.1, 0.15) is 0 Å². The maximum Gasteiger partial charge on any atom is 0.225 e. The van der Waals surface area contributed by atoms with Crippen molar-refractivity contribution in [1.82, 2.24) is 4.90 Å². The summed E-state index contributed by atoms with van der Waals surface area (Å²) >= 11 is 6.04. The van der Waals surface area contributed by atoms with Gasteiger partial charge in [0.2, 0.25) is 5.91 Å². The number of anilines is 1. The van der Waals surface area contributed by atoms with Gasteiger partial charge in [-0.2, -0.15) is 0 Å². The van der Waals surface area contributed by atoms with E-state index in [1.807, 2.05) is 18.2 Å². The molecule has 0 unspecified atom stereocenters. The molecular formula is C17H25ClN2O2. The smallest absolute Gasteiger partial charge is 0.225 e. The van der Waals surface area contributed by atoms with Crippen LogP contribution in [0, 0.1) is 0 Å². The molecule has 1 atom stereocenters. The van der Waals surface area contributed by atoms with E-state index in [0.717, 1.165) is 45.5 Å². The van der Waals surface area contributed by atoms with Crippen LogP contribution in [-0.2, 0) is 9.53 Å². The Labute approximate surface area is 137 Å². The fourth-order valence-corrected chi connectivity index (χ4v) is 2.85. The Morgan fingerprint density at radius 1 is 1.45 bits per heavy atom. The van der Waals surface area contributed by atoms with Crippen molar-refractivity contribution in [1.29, 1.82) is 0 Å². The molecular weight excluding hydrogens is 300 g/mol. The summed E-state index contributed by atoms with van der Waals surface area (Å²) in [6.07, 6.45) is 4.12. The third-order valence-corrected chi connectivity index (χ3v) is 4.15. The molecule has 1 amide bonds. The van der Waals surface area contributed by atoms with E-state index in [-0.39, 0.29) is 5.91 Å². The Hall–Kier alpha value is -1.10. The molecule has 0 saturated carbocycles. The lowest BCUT2D eigenvalue weighted by Gasteiger charge is -2.32. The van der Waals surface area contributed by atoms with Crippen LogP contribution < -0.4 is 5.32 Å². The third-order valence-electron chi connectivity index (χ3n) is 3.82. The summed E-state index contributed by atoms with van der Waals surface area (Å²) in [7, 11) is 0. The highest BCUT2D eigenvalue weighted by atomic mass is 35.5. The molecule has 4 nitrogen and oxygen atoms in total. The summed E-state index contributed by atoms with van der Waals surface area (Å²) in [4.78, 5) is 14.3. The second-order valence-corrected chi connectivity index (χ2v) is 6.12. The summed E-state index contributed by atoms with van der Waals surface area (Å²) in [5.74, 6) is 0.00435. The normalized spacial score (nSPS) is 19.1. The van der Waals surface area contributed by atoms with Crippen molar-refractivity contribution >= 4 is 23.2 Å². The fraction of sp³-hybridized carbons (Fsp3) is 0.588. The first-order valence-electron chi connectivity index (χ1n) is 8.07. The molecule has 2 rings (SSSR count). The topological polar surface area (TPSA) is 41.6 Å². The molecule has 0 aliphatic carbocycles. The van der Waals surface area contributed by atoms with Gasteiger partial charge in [-0.05, 0) is 37.9 Å². The summed E-state index contributed by atoms with van der Waals surface area (Å²) in [5, 5.41) is 3.44. The molecule has 0 bridgehead atoms. The molecule has 1 aromatic carbocycles. The zero-order valence-corrected chi connectivity index (χ0v) is 13.9. The van der Waals surface area contributed by atoms with Crippen LogP contribution in [0.3, 0.4) is 0 Å². The highest BCUT2D eigenvalue weighted by Crippen LogP contribution is 2.20. The van der Waals surface area contributed by atoms with E-state index in [1.54, 1.807) is 6.07 Å². The minimum atomic E-state index is 0.00435. The van der Waals surface area contributed by atoms with Crippen LogP contribution in [0.25, 0.3) is 0 Å². The van der Waals surface area contributed by atoms with Crippen LogP contribution in [0.15, 0.2) is 24.3 Å². The summed E-state index contributed by atoms with van der Waals surface area (Å²) in [5.41, 5.74) is 0.678. The van der Waals surface area contributed by atoms with Gasteiger partial charge in [-0.25, -0.2) is 0 Å². The van der Waals surface area contributed by atoms with Crippen LogP contribution in [0.1, 0.15) is 32.6 Å². The number of rotatable bonds is 7. The van der Waals surface area contributed by atoms with Crippen LogP contribution in [0.4, 0.5) is 5.69 Å². The molecule has 0 aromatic heterocycles. The average Bonchev–Trinajstić information content (AvgIpc) is 2.53. The maximum absolute atomic E-state index is 12.0. The van der Waals surface area contributed by atoms with Crippen LogP contribution >= 0.6 is 11.6 Å². The first-order chi connectivity index (χ1) is 10.7. The Balaban J connectivity index is 1.73. The predicted octanol–water partition coefficient (Wildman–Crippen LogP) is 3.56. The highest BCUT2D eigenvalue weighted by Gasteiger charge is 2.20. The zero-order valence-electron chi connectivity index (χ0n) is 13.2. The first-order valence-corrected chi connectivity index (χ1v) is 8.45. The summed E-state index contributed by atoms with van der Waals surface area (Å²) < 4.78 is 5.82. The number of amides is 1. The standard InChI is InChI=1S/C17H25ClN2O2/c1-2-12-22-14-6-5-10-20(13-14)11-9-17(21)19-16-8-4-3-7-15(16)18/h3-4,7-8,14H,2,5-6,9-13H2,1H3,(H,19,21)/t14-/m1/s1. The van der Waals surface area contributed by atoms with Gasteiger partial charge < -0.3 is 15.0 Å². The lowest BCUT2D eigenvalue weighted by Crippen LogP contribution is -2.41. The molecule has 1 N–H and O–H groups in total. The fourth-order valence-electron chi connectivity index (χ4n) is 2.67. The third kappa shape index (κ3) is 5.59. The number of ether oxygens (including phenoxy) is 1. The van der Waals surface area contributed by atoms with Crippen molar-refractivity contribution in [3.8, 4) is 0 Å². The van der Waals surface area contributed by atoms with Gasteiger partial charge in [0.25, 0.3) is 0 Å². The lowest BCUT2D eigenvalue weighted by molar-refractivity contribution is -0.116. The van der Waals surface area contributed by atoms with Crippen LogP contribution in [-0.4, -0.2) is 43.2 Å². The Kier molecular flexibility index (Phi) is 7.16. The number of piperidine rings is 1. The van der Waals surface area contributed by atoms with Gasteiger partial charge in [-0.15, -0.1) is 0 Å². The van der Waals surface area contributed by atoms with E-state index in [9.17, 15) is 4.79 Å². The number of nitrogens with zero attached hydrogens (tertiary/aromatic N) is 1. The van der Waals surface area contributed by atoms with Gasteiger partial charge >= 0.3 is 0 Å². The number of para-hydroxylation sites is 1. The van der Waals surface area contributed by atoms with Gasteiger partial charge in [0.05, 0.1) is 16.8 Å². The molecule has 1 heterocycles. The van der Waals surface area contributed by atoms with E-state index < -0.39 is 0 Å². The Bertz CT molecular complexity index is 481. The second kappa shape index (κ2) is 9.13. The number of carbonyl (C=O) groups excluding carboxylic acids is 1. The summed E-state index contributed by atoms with van der Waals surface area (Å²) in [6.45, 7) is 5.69. The number of halogens is 1. The van der Waals surface area contributed by atoms with E-state index >= 15 is 0 Å². The van der Waals surface area contributed by atoms with Crippen molar-refractivity contribution in [2.24, 2.45) is 0 Å². The molecule has 1 aliphatic heterocycles. The minimum absolute atomic E-state index is 0.00435. The van der Waals surface area contributed by atoms with Crippen molar-refractivity contribution in [2.45, 2.75) is 38.7 Å². The van der Waals surface area contributed by atoms with E-state index in [1.165, 1.54) is 0 Å². The molecule has 1 aromatic rings. The molecule has 1 saturated heterocycles.